The van der Waals surface area contributed by atoms with Crippen LogP contribution < -0.4 is 0 Å². The summed E-state index contributed by atoms with van der Waals surface area (Å²) in [7, 11) is 1.56. The van der Waals surface area contributed by atoms with Crippen molar-refractivity contribution in [3.63, 3.8) is 0 Å². The Labute approximate surface area is 70.5 Å². The van der Waals surface area contributed by atoms with Crippen LogP contribution in [0.1, 0.15) is 16.7 Å². The van der Waals surface area contributed by atoms with E-state index in [-0.39, 0.29) is 0 Å². The van der Waals surface area contributed by atoms with Crippen LogP contribution in [0.15, 0.2) is 17.3 Å². The molecule has 0 atom stereocenters. The Morgan fingerprint density at radius 2 is 2.27 bits per heavy atom. The smallest absolute Gasteiger partial charge is 0.106 e. The largest absolute Gasteiger partial charge is 0.399 e. The van der Waals surface area contributed by atoms with Gasteiger partial charge in [0.1, 0.15) is 7.11 Å². The van der Waals surface area contributed by atoms with E-state index < -0.39 is 0 Å². The second-order valence-electron chi connectivity index (χ2n) is 2.27. The first-order chi connectivity index (χ1) is 5.24. The van der Waals surface area contributed by atoms with Crippen LogP contribution in [0.5, 0.6) is 0 Å². The van der Waals surface area contributed by atoms with Crippen LogP contribution in [0.2, 0.25) is 0 Å². The molecule has 0 amide bonds. The lowest BCUT2D eigenvalue weighted by atomic mass is 10.3. The van der Waals surface area contributed by atoms with Crippen molar-refractivity contribution in [3.8, 4) is 0 Å². The lowest BCUT2D eigenvalue weighted by Gasteiger charge is -1.92. The maximum Gasteiger partial charge on any atom is 0.106 e. The van der Waals surface area contributed by atoms with Crippen LogP contribution in [-0.4, -0.2) is 12.8 Å². The van der Waals surface area contributed by atoms with E-state index in [4.69, 9.17) is 0 Å². The van der Waals surface area contributed by atoms with Gasteiger partial charge in [0.25, 0.3) is 0 Å². The summed E-state index contributed by atoms with van der Waals surface area (Å²) < 4.78 is 0. The van der Waals surface area contributed by atoms with E-state index >= 15 is 0 Å². The van der Waals surface area contributed by atoms with Crippen LogP contribution in [-0.2, 0) is 4.84 Å². The Morgan fingerprint density at radius 3 is 2.73 bits per heavy atom. The second-order valence-corrected chi connectivity index (χ2v) is 3.56. The lowest BCUT2D eigenvalue weighted by molar-refractivity contribution is 0.213. The van der Waals surface area contributed by atoms with E-state index in [0.717, 1.165) is 5.71 Å². The fraction of sp³-hybridized carbons (Fsp3) is 0.375. The molecule has 0 aromatic carbocycles. The molecule has 0 spiro atoms. The van der Waals surface area contributed by atoms with Crippen molar-refractivity contribution in [2.45, 2.75) is 13.8 Å². The van der Waals surface area contributed by atoms with Crippen LogP contribution in [0.25, 0.3) is 0 Å². The number of aryl methyl sites for hydroxylation is 1. The number of hydrogen-bond donors (Lipinski definition) is 0. The molecule has 2 nitrogen and oxygen atoms in total. The van der Waals surface area contributed by atoms with Gasteiger partial charge in [-0.2, -0.15) is 0 Å². The predicted octanol–water partition coefficient (Wildman–Crippen LogP) is 2.43. The van der Waals surface area contributed by atoms with E-state index in [0.29, 0.717) is 0 Å². The van der Waals surface area contributed by atoms with Gasteiger partial charge in [0.15, 0.2) is 0 Å². The molecule has 1 heterocycles. The number of rotatable bonds is 2. The first-order valence-electron chi connectivity index (χ1n) is 3.38. The lowest BCUT2D eigenvalue weighted by Crippen LogP contribution is -1.89. The standard InChI is InChI=1S/C8H11NOS/c1-6-4-5-8(11-6)7(2)9-10-3/h4-5H,1-3H3/b9-7-. The van der Waals surface area contributed by atoms with Crippen molar-refractivity contribution in [2.75, 3.05) is 7.11 Å². The highest BCUT2D eigenvalue weighted by atomic mass is 32.1. The van der Waals surface area contributed by atoms with E-state index in [9.17, 15) is 0 Å². The Morgan fingerprint density at radius 1 is 1.55 bits per heavy atom. The van der Waals surface area contributed by atoms with Gasteiger partial charge in [-0.3, -0.25) is 0 Å². The van der Waals surface area contributed by atoms with E-state index in [1.54, 1.807) is 18.4 Å². The number of oxime groups is 1. The SMILES string of the molecule is CO/N=C(/C)c1ccc(C)s1. The van der Waals surface area contributed by atoms with Crippen molar-refractivity contribution in [1.82, 2.24) is 0 Å². The summed E-state index contributed by atoms with van der Waals surface area (Å²) in [6.07, 6.45) is 0. The van der Waals surface area contributed by atoms with Gasteiger partial charge in [0, 0.05) is 4.88 Å². The summed E-state index contributed by atoms with van der Waals surface area (Å²) in [6, 6.07) is 4.13. The van der Waals surface area contributed by atoms with Crippen molar-refractivity contribution in [2.24, 2.45) is 5.16 Å². The summed E-state index contributed by atoms with van der Waals surface area (Å²) in [5.74, 6) is 0. The molecule has 0 radical (unpaired) electrons. The molecule has 0 fully saturated rings. The molecule has 0 aliphatic rings. The van der Waals surface area contributed by atoms with Crippen LogP contribution in [0.3, 0.4) is 0 Å². The maximum absolute atomic E-state index is 4.66. The summed E-state index contributed by atoms with van der Waals surface area (Å²) in [5, 5.41) is 3.84. The van der Waals surface area contributed by atoms with Gasteiger partial charge >= 0.3 is 0 Å². The first-order valence-corrected chi connectivity index (χ1v) is 4.20. The summed E-state index contributed by atoms with van der Waals surface area (Å²) in [4.78, 5) is 7.13. The highest BCUT2D eigenvalue weighted by Gasteiger charge is 1.99. The monoisotopic (exact) mass is 169 g/mol. The highest BCUT2D eigenvalue weighted by Crippen LogP contribution is 2.15. The van der Waals surface area contributed by atoms with E-state index in [2.05, 4.69) is 29.0 Å². The van der Waals surface area contributed by atoms with Crippen molar-refractivity contribution in [1.29, 1.82) is 0 Å². The molecule has 11 heavy (non-hydrogen) atoms. The van der Waals surface area contributed by atoms with Crippen molar-refractivity contribution in [3.05, 3.63) is 21.9 Å². The van der Waals surface area contributed by atoms with Gasteiger partial charge < -0.3 is 4.84 Å². The molecule has 0 saturated heterocycles. The fourth-order valence-electron chi connectivity index (χ4n) is 0.811. The third-order valence-electron chi connectivity index (χ3n) is 1.33. The average Bonchev–Trinajstić information content (AvgIpc) is 2.36. The molecule has 0 unspecified atom stereocenters. The van der Waals surface area contributed by atoms with E-state index in [1.807, 2.05) is 6.92 Å². The van der Waals surface area contributed by atoms with Gasteiger partial charge in [-0.15, -0.1) is 11.3 Å². The summed E-state index contributed by atoms with van der Waals surface area (Å²) >= 11 is 1.72. The van der Waals surface area contributed by atoms with Crippen molar-refractivity contribution >= 4 is 17.0 Å². The molecule has 0 saturated carbocycles. The fourth-order valence-corrected chi connectivity index (χ4v) is 1.61. The molecule has 1 aromatic rings. The molecule has 0 aliphatic heterocycles. The zero-order chi connectivity index (χ0) is 8.27. The first kappa shape index (κ1) is 8.27. The zero-order valence-electron chi connectivity index (χ0n) is 6.92. The molecule has 0 aliphatic carbocycles. The van der Waals surface area contributed by atoms with E-state index in [1.165, 1.54) is 9.75 Å². The summed E-state index contributed by atoms with van der Waals surface area (Å²) in [6.45, 7) is 4.02. The normalized spacial score (nSPS) is 11.7. The number of thiophene rings is 1. The zero-order valence-corrected chi connectivity index (χ0v) is 7.73. The molecule has 60 valence electrons. The molecule has 1 rings (SSSR count). The topological polar surface area (TPSA) is 21.6 Å². The van der Waals surface area contributed by atoms with Crippen LogP contribution in [0, 0.1) is 6.92 Å². The third-order valence-corrected chi connectivity index (χ3v) is 2.43. The minimum atomic E-state index is 0.936. The molecule has 3 heteroatoms. The molecule has 0 bridgehead atoms. The van der Waals surface area contributed by atoms with Crippen LogP contribution in [0.4, 0.5) is 0 Å². The van der Waals surface area contributed by atoms with Gasteiger partial charge in [0.05, 0.1) is 10.6 Å². The molecule has 0 N–H and O–H groups in total. The van der Waals surface area contributed by atoms with Gasteiger partial charge in [0.2, 0.25) is 0 Å². The average molecular weight is 169 g/mol. The third kappa shape index (κ3) is 2.05. The second kappa shape index (κ2) is 3.53. The quantitative estimate of drug-likeness (QED) is 0.492. The Balaban J connectivity index is 2.84. The van der Waals surface area contributed by atoms with Gasteiger partial charge in [-0.1, -0.05) is 5.16 Å². The number of nitrogens with zero attached hydrogens (tertiary/aromatic N) is 1. The summed E-state index contributed by atoms with van der Waals surface area (Å²) in [5.41, 5.74) is 0.936. The highest BCUT2D eigenvalue weighted by molar-refractivity contribution is 7.14. The molecule has 1 aromatic heterocycles. The number of hydrogen-bond acceptors (Lipinski definition) is 3. The van der Waals surface area contributed by atoms with Crippen molar-refractivity contribution < 1.29 is 4.84 Å². The molecular weight excluding hydrogens is 158 g/mol. The Hall–Kier alpha value is -0.830. The van der Waals surface area contributed by atoms with Gasteiger partial charge in [-0.05, 0) is 26.0 Å². The minimum absolute atomic E-state index is 0.936. The maximum atomic E-state index is 4.66. The minimum Gasteiger partial charge on any atom is -0.399 e. The predicted molar refractivity (Wildman–Crippen MR) is 48.3 cm³/mol. The van der Waals surface area contributed by atoms with Crippen LogP contribution >= 0.6 is 11.3 Å². The molecular formula is C8H11NOS. The van der Waals surface area contributed by atoms with Gasteiger partial charge in [-0.25, -0.2) is 0 Å². The Bertz CT molecular complexity index is 265. The Kier molecular flexibility index (Phi) is 2.65.